The van der Waals surface area contributed by atoms with Gasteiger partial charge in [-0.3, -0.25) is 9.59 Å². The minimum atomic E-state index is -0.363. The Labute approximate surface area is 148 Å². The number of anilines is 1. The maximum atomic E-state index is 12.5. The number of hydrogen-bond donors (Lipinski definition) is 2. The number of terminal acetylenes is 1. The zero-order valence-corrected chi connectivity index (χ0v) is 14.5. The average molecular weight is 387 g/mol. The summed E-state index contributed by atoms with van der Waals surface area (Å²) in [5.41, 5.74) is 1.13. The summed E-state index contributed by atoms with van der Waals surface area (Å²) in [4.78, 5) is 24.7. The number of halogens is 1. The SMILES string of the molecule is C#CCNC(=O)c1ccccc1NC(=O)c1cc(OC)ccc1Br. The van der Waals surface area contributed by atoms with E-state index in [1.807, 2.05) is 0 Å². The molecule has 0 heterocycles. The van der Waals surface area contributed by atoms with Gasteiger partial charge in [0.1, 0.15) is 5.75 Å². The summed E-state index contributed by atoms with van der Waals surface area (Å²) in [6.45, 7) is 0.114. The van der Waals surface area contributed by atoms with Gasteiger partial charge in [-0.05, 0) is 46.3 Å². The molecule has 5 nitrogen and oxygen atoms in total. The van der Waals surface area contributed by atoms with Crippen LogP contribution in [0.15, 0.2) is 46.9 Å². The second kappa shape index (κ2) is 8.18. The van der Waals surface area contributed by atoms with E-state index in [1.165, 1.54) is 7.11 Å². The van der Waals surface area contributed by atoms with Crippen molar-refractivity contribution in [3.05, 3.63) is 58.1 Å². The van der Waals surface area contributed by atoms with Gasteiger partial charge in [0.2, 0.25) is 0 Å². The van der Waals surface area contributed by atoms with E-state index in [2.05, 4.69) is 32.5 Å². The van der Waals surface area contributed by atoms with E-state index in [1.54, 1.807) is 42.5 Å². The Kier molecular flexibility index (Phi) is 5.99. The lowest BCUT2D eigenvalue weighted by atomic mass is 10.1. The summed E-state index contributed by atoms with van der Waals surface area (Å²) < 4.78 is 5.75. The number of nitrogens with one attached hydrogen (secondary N) is 2. The first kappa shape index (κ1) is 17.6. The van der Waals surface area contributed by atoms with Crippen molar-refractivity contribution in [2.75, 3.05) is 19.0 Å². The number of hydrogen-bond acceptors (Lipinski definition) is 3. The largest absolute Gasteiger partial charge is 0.497 e. The summed E-state index contributed by atoms with van der Waals surface area (Å²) in [6, 6.07) is 11.8. The fraction of sp³-hybridized carbons (Fsp3) is 0.111. The minimum Gasteiger partial charge on any atom is -0.497 e. The number of carbonyl (C=O) groups is 2. The number of methoxy groups -OCH3 is 1. The van der Waals surface area contributed by atoms with E-state index >= 15 is 0 Å². The molecule has 122 valence electrons. The Bertz CT molecular complexity index is 812. The van der Waals surface area contributed by atoms with Gasteiger partial charge in [-0.25, -0.2) is 0 Å². The Morgan fingerprint density at radius 3 is 2.62 bits per heavy atom. The quantitative estimate of drug-likeness (QED) is 0.775. The zero-order chi connectivity index (χ0) is 17.5. The minimum absolute atomic E-state index is 0.114. The normalized spacial score (nSPS) is 9.71. The molecule has 0 saturated heterocycles. The molecule has 24 heavy (non-hydrogen) atoms. The van der Waals surface area contributed by atoms with Crippen LogP contribution in [0.2, 0.25) is 0 Å². The maximum absolute atomic E-state index is 12.5. The van der Waals surface area contributed by atoms with Crippen LogP contribution in [0.1, 0.15) is 20.7 Å². The molecular weight excluding hydrogens is 372 g/mol. The van der Waals surface area contributed by atoms with Crippen molar-refractivity contribution in [1.29, 1.82) is 0 Å². The van der Waals surface area contributed by atoms with Crippen LogP contribution in [-0.4, -0.2) is 25.5 Å². The number of amides is 2. The monoisotopic (exact) mass is 386 g/mol. The van der Waals surface area contributed by atoms with Crippen LogP contribution >= 0.6 is 15.9 Å². The number of benzene rings is 2. The van der Waals surface area contributed by atoms with Crippen LogP contribution in [0, 0.1) is 12.3 Å². The predicted molar refractivity (Wildman–Crippen MR) is 96.3 cm³/mol. The van der Waals surface area contributed by atoms with E-state index in [-0.39, 0.29) is 18.4 Å². The van der Waals surface area contributed by atoms with Gasteiger partial charge < -0.3 is 15.4 Å². The molecule has 2 aromatic rings. The van der Waals surface area contributed by atoms with Crippen molar-refractivity contribution in [2.24, 2.45) is 0 Å². The highest BCUT2D eigenvalue weighted by atomic mass is 79.9. The molecule has 6 heteroatoms. The van der Waals surface area contributed by atoms with Crippen molar-refractivity contribution in [3.8, 4) is 18.1 Å². The topological polar surface area (TPSA) is 67.4 Å². The summed E-state index contributed by atoms with van der Waals surface area (Å²) in [5, 5.41) is 5.32. The molecule has 0 saturated carbocycles. The molecule has 0 bridgehead atoms. The number of carbonyl (C=O) groups excluding carboxylic acids is 2. The third-order valence-corrected chi connectivity index (χ3v) is 3.88. The standard InChI is InChI=1S/C18H15BrN2O3/c1-3-10-20-17(22)13-6-4-5-7-16(13)21-18(23)14-11-12(24-2)8-9-15(14)19/h1,4-9,11H,10H2,2H3,(H,20,22)(H,21,23). The molecule has 0 spiro atoms. The second-order valence-electron chi connectivity index (χ2n) is 4.73. The molecule has 2 N–H and O–H groups in total. The van der Waals surface area contributed by atoms with Gasteiger partial charge in [0.15, 0.2) is 0 Å². The molecule has 2 aromatic carbocycles. The fourth-order valence-corrected chi connectivity index (χ4v) is 2.44. The lowest BCUT2D eigenvalue weighted by Gasteiger charge is -2.12. The van der Waals surface area contributed by atoms with E-state index in [0.717, 1.165) is 0 Å². The van der Waals surface area contributed by atoms with Gasteiger partial charge in [-0.1, -0.05) is 18.1 Å². The molecule has 0 aliphatic heterocycles. The van der Waals surface area contributed by atoms with Crippen molar-refractivity contribution in [3.63, 3.8) is 0 Å². The highest BCUT2D eigenvalue weighted by Gasteiger charge is 2.16. The van der Waals surface area contributed by atoms with E-state index in [4.69, 9.17) is 11.2 Å². The van der Waals surface area contributed by atoms with E-state index in [9.17, 15) is 9.59 Å². The molecule has 2 amide bonds. The van der Waals surface area contributed by atoms with Crippen molar-refractivity contribution in [2.45, 2.75) is 0 Å². The zero-order valence-electron chi connectivity index (χ0n) is 12.9. The lowest BCUT2D eigenvalue weighted by molar-refractivity contribution is 0.0959. The third-order valence-electron chi connectivity index (χ3n) is 3.19. The Morgan fingerprint density at radius 1 is 1.17 bits per heavy atom. The van der Waals surface area contributed by atoms with Crippen LogP contribution in [-0.2, 0) is 0 Å². The fourth-order valence-electron chi connectivity index (χ4n) is 2.01. The molecule has 0 atom stereocenters. The van der Waals surface area contributed by atoms with E-state index < -0.39 is 0 Å². The first-order valence-corrected chi connectivity index (χ1v) is 7.81. The van der Waals surface area contributed by atoms with Crippen molar-refractivity contribution >= 4 is 33.4 Å². The summed E-state index contributed by atoms with van der Waals surface area (Å²) in [7, 11) is 1.52. The number of rotatable bonds is 5. The molecule has 0 unspecified atom stereocenters. The third kappa shape index (κ3) is 4.15. The van der Waals surface area contributed by atoms with Gasteiger partial charge in [-0.2, -0.15) is 0 Å². The van der Waals surface area contributed by atoms with Gasteiger partial charge in [0, 0.05) is 4.47 Å². The molecule has 0 aliphatic rings. The average Bonchev–Trinajstić information content (AvgIpc) is 2.60. The summed E-state index contributed by atoms with van der Waals surface area (Å²) in [6.07, 6.45) is 5.14. The maximum Gasteiger partial charge on any atom is 0.256 e. The van der Waals surface area contributed by atoms with Gasteiger partial charge >= 0.3 is 0 Å². The van der Waals surface area contributed by atoms with Crippen molar-refractivity contribution in [1.82, 2.24) is 5.32 Å². The predicted octanol–water partition coefficient (Wildman–Crippen LogP) is 3.07. The number of para-hydroxylation sites is 1. The Hall–Kier alpha value is -2.78. The summed E-state index contributed by atoms with van der Waals surface area (Å²) in [5.74, 6) is 2.18. The van der Waals surface area contributed by atoms with E-state index in [0.29, 0.717) is 27.0 Å². The molecule has 2 rings (SSSR count). The van der Waals surface area contributed by atoms with Crippen LogP contribution in [0.4, 0.5) is 5.69 Å². The lowest BCUT2D eigenvalue weighted by Crippen LogP contribution is -2.25. The second-order valence-corrected chi connectivity index (χ2v) is 5.59. The van der Waals surface area contributed by atoms with Gasteiger partial charge in [0.25, 0.3) is 11.8 Å². The summed E-state index contributed by atoms with van der Waals surface area (Å²) >= 11 is 3.34. The first-order valence-electron chi connectivity index (χ1n) is 7.02. The number of ether oxygens (including phenoxy) is 1. The van der Waals surface area contributed by atoms with Gasteiger partial charge in [0.05, 0.1) is 30.5 Å². The van der Waals surface area contributed by atoms with Crippen molar-refractivity contribution < 1.29 is 14.3 Å². The molecule has 0 aliphatic carbocycles. The molecule has 0 aromatic heterocycles. The molecule has 0 fully saturated rings. The highest BCUT2D eigenvalue weighted by Crippen LogP contribution is 2.24. The smallest absolute Gasteiger partial charge is 0.256 e. The Morgan fingerprint density at radius 2 is 1.92 bits per heavy atom. The van der Waals surface area contributed by atoms with Crippen LogP contribution in [0.3, 0.4) is 0 Å². The van der Waals surface area contributed by atoms with Gasteiger partial charge in [-0.15, -0.1) is 6.42 Å². The molecule has 0 radical (unpaired) electrons. The molecular formula is C18H15BrN2O3. The first-order chi connectivity index (χ1) is 11.6. The van der Waals surface area contributed by atoms with Crippen LogP contribution in [0.25, 0.3) is 0 Å². The Balaban J connectivity index is 2.27. The highest BCUT2D eigenvalue weighted by molar-refractivity contribution is 9.10. The van der Waals surface area contributed by atoms with Crippen LogP contribution in [0.5, 0.6) is 5.75 Å². The van der Waals surface area contributed by atoms with Crippen LogP contribution < -0.4 is 15.4 Å².